The van der Waals surface area contributed by atoms with Crippen LogP contribution in [-0.2, 0) is 0 Å². The first-order valence-corrected chi connectivity index (χ1v) is 9.01. The summed E-state index contributed by atoms with van der Waals surface area (Å²) in [4.78, 5) is 0. The van der Waals surface area contributed by atoms with Gasteiger partial charge in [0.05, 0.1) is 0 Å². The summed E-state index contributed by atoms with van der Waals surface area (Å²) in [6.07, 6.45) is 4.68. The lowest BCUT2D eigenvalue weighted by molar-refractivity contribution is 1.60. The minimum absolute atomic E-state index is 0.765. The Hall–Kier alpha value is -1.73. The molecular weight excluding hydrogens is 248 g/mol. The summed E-state index contributed by atoms with van der Waals surface area (Å²) in [6, 6.07) is 21.4. The van der Waals surface area contributed by atoms with Crippen LogP contribution in [0.15, 0.2) is 71.5 Å². The van der Waals surface area contributed by atoms with Crippen LogP contribution in [0.3, 0.4) is 0 Å². The van der Waals surface area contributed by atoms with Crippen molar-refractivity contribution < 1.29 is 0 Å². The van der Waals surface area contributed by atoms with Crippen molar-refractivity contribution in [2.75, 3.05) is 12.5 Å². The van der Waals surface area contributed by atoms with Crippen LogP contribution in [0.5, 0.6) is 0 Å². The monoisotopic (exact) mass is 266 g/mol. The van der Waals surface area contributed by atoms with Crippen LogP contribution in [0.1, 0.15) is 11.1 Å². The molecule has 2 aromatic carbocycles. The average molecular weight is 266 g/mol. The second-order valence-corrected chi connectivity index (χ2v) is 8.73. The van der Waals surface area contributed by atoms with Gasteiger partial charge in [-0.25, -0.2) is 10.0 Å². The summed E-state index contributed by atoms with van der Waals surface area (Å²) in [6.45, 7) is 0. The highest BCUT2D eigenvalue weighted by molar-refractivity contribution is 8.37. The van der Waals surface area contributed by atoms with Crippen LogP contribution < -0.4 is 0 Å². The lowest BCUT2D eigenvalue weighted by Gasteiger charge is -2.17. The Morgan fingerprint density at radius 3 is 1.32 bits per heavy atom. The zero-order valence-electron chi connectivity index (χ0n) is 11.3. The van der Waals surface area contributed by atoms with Gasteiger partial charge in [-0.2, -0.15) is 0 Å². The molecule has 0 unspecified atom stereocenters. The van der Waals surface area contributed by atoms with Gasteiger partial charge in [0.15, 0.2) is 0 Å². The maximum absolute atomic E-state index is 2.45. The molecule has 0 aliphatic carbocycles. The first-order valence-electron chi connectivity index (χ1n) is 6.44. The molecule has 1 heterocycles. The third kappa shape index (κ3) is 2.52. The van der Waals surface area contributed by atoms with E-state index in [0.29, 0.717) is 0 Å². The van der Waals surface area contributed by atoms with Crippen LogP contribution in [-0.4, -0.2) is 12.5 Å². The second kappa shape index (κ2) is 4.75. The van der Waals surface area contributed by atoms with E-state index in [1.165, 1.54) is 22.3 Å². The largest absolute Gasteiger partial charge is 0.206 e. The number of hydrogen-bond donors (Lipinski definition) is 0. The van der Waals surface area contributed by atoms with Crippen LogP contribution in [0.2, 0.25) is 0 Å². The van der Waals surface area contributed by atoms with Crippen molar-refractivity contribution in [1.82, 2.24) is 0 Å². The first-order chi connectivity index (χ1) is 9.16. The van der Waals surface area contributed by atoms with Crippen molar-refractivity contribution in [2.24, 2.45) is 0 Å². The maximum Gasteiger partial charge on any atom is -0.00499 e. The van der Waals surface area contributed by atoms with Crippen molar-refractivity contribution in [1.29, 1.82) is 0 Å². The first kappa shape index (κ1) is 12.3. The molecule has 19 heavy (non-hydrogen) atoms. The van der Waals surface area contributed by atoms with Gasteiger partial charge in [-0.1, -0.05) is 60.7 Å². The number of hydrogen-bond acceptors (Lipinski definition) is 0. The molecule has 0 amide bonds. The summed E-state index contributed by atoms with van der Waals surface area (Å²) in [5, 5.41) is 4.90. The molecule has 1 aliphatic rings. The van der Waals surface area contributed by atoms with Gasteiger partial charge in [0.25, 0.3) is 0 Å². The van der Waals surface area contributed by atoms with Gasteiger partial charge in [0, 0.05) is 0 Å². The summed E-state index contributed by atoms with van der Waals surface area (Å²) >= 11 is 0. The van der Waals surface area contributed by atoms with E-state index in [1.54, 1.807) is 0 Å². The van der Waals surface area contributed by atoms with Crippen molar-refractivity contribution in [3.63, 3.8) is 0 Å². The number of benzene rings is 2. The molecule has 0 saturated heterocycles. The summed E-state index contributed by atoms with van der Waals surface area (Å²) in [5.74, 6) is 0. The van der Waals surface area contributed by atoms with Gasteiger partial charge in [-0.15, -0.1) is 0 Å². The molecular formula is C18H18S. The third-order valence-electron chi connectivity index (χ3n) is 3.30. The Morgan fingerprint density at radius 2 is 0.947 bits per heavy atom. The van der Waals surface area contributed by atoms with E-state index in [1.807, 2.05) is 0 Å². The highest BCUT2D eigenvalue weighted by atomic mass is 32.3. The van der Waals surface area contributed by atoms with Crippen LogP contribution in [0.4, 0.5) is 0 Å². The fraction of sp³-hybridized carbons (Fsp3) is 0.111. The van der Waals surface area contributed by atoms with Crippen molar-refractivity contribution >= 4 is 21.2 Å². The molecule has 0 bridgehead atoms. The van der Waals surface area contributed by atoms with E-state index in [0.717, 1.165) is 0 Å². The molecule has 2 aromatic rings. The molecule has 0 nitrogen and oxygen atoms in total. The molecule has 96 valence electrons. The van der Waals surface area contributed by atoms with Gasteiger partial charge in [-0.3, -0.25) is 0 Å². The van der Waals surface area contributed by atoms with E-state index in [-0.39, 0.29) is 0 Å². The summed E-state index contributed by atoms with van der Waals surface area (Å²) in [7, 11) is -0.765. The molecule has 0 spiro atoms. The van der Waals surface area contributed by atoms with Crippen LogP contribution in [0, 0.1) is 0 Å². The topological polar surface area (TPSA) is 0 Å². The number of allylic oxidation sites excluding steroid dienone is 2. The van der Waals surface area contributed by atoms with E-state index >= 15 is 0 Å². The number of rotatable bonds is 2. The Labute approximate surface area is 116 Å². The molecule has 0 aromatic heterocycles. The van der Waals surface area contributed by atoms with Crippen LogP contribution in [0.25, 0.3) is 11.1 Å². The Kier molecular flexibility index (Phi) is 3.08. The van der Waals surface area contributed by atoms with Gasteiger partial charge in [0.2, 0.25) is 0 Å². The lowest BCUT2D eigenvalue weighted by atomic mass is 9.95. The smallest absolute Gasteiger partial charge is 0.00499 e. The molecule has 3 rings (SSSR count). The van der Waals surface area contributed by atoms with Gasteiger partial charge < -0.3 is 0 Å². The predicted octanol–water partition coefficient (Wildman–Crippen LogP) is 5.15. The zero-order chi connectivity index (χ0) is 13.3. The molecule has 1 heteroatoms. The minimum atomic E-state index is -0.765. The fourth-order valence-corrected chi connectivity index (χ4v) is 4.26. The molecule has 0 radical (unpaired) electrons. The Balaban J connectivity index is 2.11. The van der Waals surface area contributed by atoms with Gasteiger partial charge in [-0.05, 0) is 45.6 Å². The van der Waals surface area contributed by atoms with E-state index < -0.39 is 10.0 Å². The molecule has 0 fully saturated rings. The standard InChI is InChI=1S/C18H18S/c1-19(2)13-17(15-9-5-3-6-10-15)18(14-19)16-11-7-4-8-12-16/h3-14H,1-2H3. The van der Waals surface area contributed by atoms with Gasteiger partial charge >= 0.3 is 0 Å². The van der Waals surface area contributed by atoms with Crippen molar-refractivity contribution in [3.05, 3.63) is 82.6 Å². The van der Waals surface area contributed by atoms with Crippen molar-refractivity contribution in [2.45, 2.75) is 0 Å². The highest BCUT2D eigenvalue weighted by Crippen LogP contribution is 2.56. The lowest BCUT2D eigenvalue weighted by Crippen LogP contribution is -1.86. The van der Waals surface area contributed by atoms with E-state index in [9.17, 15) is 0 Å². The summed E-state index contributed by atoms with van der Waals surface area (Å²) in [5.41, 5.74) is 5.39. The minimum Gasteiger partial charge on any atom is -0.206 e. The Bertz CT molecular complexity index is 576. The maximum atomic E-state index is 2.45. The average Bonchev–Trinajstić information content (AvgIpc) is 2.77. The van der Waals surface area contributed by atoms with E-state index in [2.05, 4.69) is 84.0 Å². The summed E-state index contributed by atoms with van der Waals surface area (Å²) < 4.78 is 0. The molecule has 0 saturated carbocycles. The normalized spacial score (nSPS) is 18.6. The SMILES string of the molecule is CS1(C)C=C(c2ccccc2)C(c2ccccc2)=C1. The van der Waals surface area contributed by atoms with Crippen LogP contribution >= 0.6 is 10.0 Å². The van der Waals surface area contributed by atoms with Gasteiger partial charge in [0.1, 0.15) is 0 Å². The van der Waals surface area contributed by atoms with E-state index in [4.69, 9.17) is 0 Å². The third-order valence-corrected chi connectivity index (χ3v) is 4.99. The Morgan fingerprint density at radius 1 is 0.579 bits per heavy atom. The molecule has 0 atom stereocenters. The highest BCUT2D eigenvalue weighted by Gasteiger charge is 2.21. The zero-order valence-corrected chi connectivity index (χ0v) is 12.2. The second-order valence-electron chi connectivity index (χ2n) is 5.28. The quantitative estimate of drug-likeness (QED) is 0.705. The molecule has 1 aliphatic heterocycles. The molecule has 0 N–H and O–H groups in total. The fourth-order valence-electron chi connectivity index (χ4n) is 2.45. The predicted molar refractivity (Wildman–Crippen MR) is 88.3 cm³/mol. The van der Waals surface area contributed by atoms with Crippen molar-refractivity contribution in [3.8, 4) is 0 Å².